The average Bonchev–Trinajstić information content (AvgIpc) is 2.80. The van der Waals surface area contributed by atoms with Crippen LogP contribution in [0.15, 0.2) is 11.8 Å². The van der Waals surface area contributed by atoms with E-state index in [0.717, 1.165) is 32.1 Å². The van der Waals surface area contributed by atoms with Crippen LogP contribution in [0.25, 0.3) is 0 Å². The van der Waals surface area contributed by atoms with E-state index in [9.17, 15) is 9.90 Å². The highest BCUT2D eigenvalue weighted by Crippen LogP contribution is 2.40. The van der Waals surface area contributed by atoms with Gasteiger partial charge in [0.05, 0.1) is 19.0 Å². The van der Waals surface area contributed by atoms with Crippen LogP contribution in [0.3, 0.4) is 0 Å². The third-order valence-corrected chi connectivity index (χ3v) is 9.72. The summed E-state index contributed by atoms with van der Waals surface area (Å²) in [5.41, 5.74) is 0. The fraction of sp³-hybridized carbons (Fsp3) is 0.789. The molecule has 139 valence electrons. The van der Waals surface area contributed by atoms with Crippen LogP contribution in [0, 0.1) is 12.3 Å². The van der Waals surface area contributed by atoms with Gasteiger partial charge in [0.2, 0.25) is 0 Å². The number of carbonyl (C=O) groups excluding carboxylic acids is 1. The molecule has 0 heterocycles. The van der Waals surface area contributed by atoms with Gasteiger partial charge in [-0.2, -0.15) is 0 Å². The second-order valence-electron chi connectivity index (χ2n) is 8.26. The normalized spacial score (nSPS) is 21.7. The molecule has 0 fully saturated rings. The molecule has 0 amide bonds. The Kier molecular flexibility index (Phi) is 8.00. The molecule has 1 aliphatic rings. The molecule has 2 atom stereocenters. The topological polar surface area (TPSA) is 55.8 Å². The second-order valence-corrected chi connectivity index (χ2v) is 13.0. The zero-order valence-corrected chi connectivity index (χ0v) is 17.2. The van der Waals surface area contributed by atoms with E-state index in [0.29, 0.717) is 12.2 Å². The number of aliphatic hydroxyl groups is 1. The van der Waals surface area contributed by atoms with E-state index in [1.807, 2.05) is 6.08 Å². The largest absolute Gasteiger partial charge is 0.512 e. The van der Waals surface area contributed by atoms with Gasteiger partial charge in [0.1, 0.15) is 0 Å². The van der Waals surface area contributed by atoms with Gasteiger partial charge in [0, 0.05) is 18.8 Å². The van der Waals surface area contributed by atoms with Crippen LogP contribution in [0.1, 0.15) is 59.3 Å². The van der Waals surface area contributed by atoms with E-state index >= 15 is 0 Å². The van der Waals surface area contributed by atoms with E-state index in [2.05, 4.69) is 45.0 Å². The molecule has 1 rings (SSSR count). The number of methoxy groups -OCH3 is 1. The van der Waals surface area contributed by atoms with Crippen molar-refractivity contribution in [1.29, 1.82) is 0 Å². The molecule has 1 radical (unpaired) electrons. The predicted molar refractivity (Wildman–Crippen MR) is 100 cm³/mol. The number of unbranched alkanes of at least 4 members (excludes halogenated alkanes) is 3. The molecule has 1 unspecified atom stereocenters. The fourth-order valence-electron chi connectivity index (χ4n) is 2.60. The minimum absolute atomic E-state index is 0.0600. The minimum atomic E-state index is -1.82. The van der Waals surface area contributed by atoms with Crippen molar-refractivity contribution < 1.29 is 19.1 Å². The maximum Gasteiger partial charge on any atom is 0.305 e. The molecule has 1 N–H and O–H groups in total. The molecule has 0 aromatic carbocycles. The molecule has 0 saturated carbocycles. The predicted octanol–water partition coefficient (Wildman–Crippen LogP) is 5.17. The monoisotopic (exact) mass is 355 g/mol. The number of hydrogen-bond donors (Lipinski definition) is 1. The van der Waals surface area contributed by atoms with Gasteiger partial charge in [-0.15, -0.1) is 0 Å². The lowest BCUT2D eigenvalue weighted by Gasteiger charge is -2.38. The van der Waals surface area contributed by atoms with Gasteiger partial charge in [-0.05, 0) is 37.0 Å². The molecular formula is C19H35O4Si. The molecule has 0 aromatic heterocycles. The van der Waals surface area contributed by atoms with E-state index in [4.69, 9.17) is 4.43 Å². The Morgan fingerprint density at radius 1 is 1.21 bits per heavy atom. The van der Waals surface area contributed by atoms with Crippen LogP contribution in [0.2, 0.25) is 18.1 Å². The van der Waals surface area contributed by atoms with Gasteiger partial charge in [-0.1, -0.05) is 40.0 Å². The third kappa shape index (κ3) is 6.59. The Hall–Kier alpha value is -0.813. The lowest BCUT2D eigenvalue weighted by molar-refractivity contribution is -0.140. The van der Waals surface area contributed by atoms with E-state index in [-0.39, 0.29) is 23.0 Å². The third-order valence-electron chi connectivity index (χ3n) is 5.25. The van der Waals surface area contributed by atoms with Crippen LogP contribution >= 0.6 is 0 Å². The summed E-state index contributed by atoms with van der Waals surface area (Å²) in [5.74, 6) is 0.430. The highest BCUT2D eigenvalue weighted by molar-refractivity contribution is 6.74. The Balaban J connectivity index is 2.28. The SMILES string of the molecule is COC(=O)CCCCCCC1[CH][C@H](O[Si](C)(C)C(C)(C)C)C=C1O. The molecular weight excluding hydrogens is 320 g/mol. The highest BCUT2D eigenvalue weighted by Gasteiger charge is 2.40. The average molecular weight is 356 g/mol. The molecule has 1 aliphatic carbocycles. The number of allylic oxidation sites excluding steroid dienone is 1. The number of carbonyl (C=O) groups is 1. The van der Waals surface area contributed by atoms with Gasteiger partial charge in [0.15, 0.2) is 8.32 Å². The smallest absolute Gasteiger partial charge is 0.305 e. The summed E-state index contributed by atoms with van der Waals surface area (Å²) in [6, 6.07) is 0. The van der Waals surface area contributed by atoms with Crippen molar-refractivity contribution in [3.05, 3.63) is 18.3 Å². The maximum atomic E-state index is 11.0. The first-order valence-electron chi connectivity index (χ1n) is 9.07. The summed E-state index contributed by atoms with van der Waals surface area (Å²) in [4.78, 5) is 11.0. The zero-order chi connectivity index (χ0) is 18.4. The van der Waals surface area contributed by atoms with Crippen LogP contribution in [0.4, 0.5) is 0 Å². The summed E-state index contributed by atoms with van der Waals surface area (Å²) in [7, 11) is -0.397. The number of aliphatic hydroxyl groups excluding tert-OH is 1. The minimum Gasteiger partial charge on any atom is -0.512 e. The second kappa shape index (κ2) is 9.04. The van der Waals surface area contributed by atoms with Crippen molar-refractivity contribution in [1.82, 2.24) is 0 Å². The van der Waals surface area contributed by atoms with Crippen molar-refractivity contribution in [3.63, 3.8) is 0 Å². The zero-order valence-electron chi connectivity index (χ0n) is 16.2. The van der Waals surface area contributed by atoms with Crippen LogP contribution in [0.5, 0.6) is 0 Å². The van der Waals surface area contributed by atoms with Crippen LogP contribution < -0.4 is 0 Å². The van der Waals surface area contributed by atoms with Crippen LogP contribution in [-0.2, 0) is 14.0 Å². The van der Waals surface area contributed by atoms with E-state index in [1.54, 1.807) is 0 Å². The Morgan fingerprint density at radius 3 is 2.42 bits per heavy atom. The molecule has 0 saturated heterocycles. The summed E-state index contributed by atoms with van der Waals surface area (Å²) in [6.45, 7) is 11.2. The summed E-state index contributed by atoms with van der Waals surface area (Å²) in [6.07, 6.45) is 9.41. The van der Waals surface area contributed by atoms with Crippen molar-refractivity contribution in [3.8, 4) is 0 Å². The van der Waals surface area contributed by atoms with Gasteiger partial charge < -0.3 is 14.3 Å². The Labute approximate surface area is 148 Å². The van der Waals surface area contributed by atoms with Crippen molar-refractivity contribution in [2.24, 2.45) is 5.92 Å². The van der Waals surface area contributed by atoms with E-state index < -0.39 is 8.32 Å². The van der Waals surface area contributed by atoms with Crippen molar-refractivity contribution in [2.45, 2.75) is 83.5 Å². The summed E-state index contributed by atoms with van der Waals surface area (Å²) < 4.78 is 11.0. The van der Waals surface area contributed by atoms with E-state index in [1.165, 1.54) is 7.11 Å². The summed E-state index contributed by atoms with van der Waals surface area (Å²) >= 11 is 0. The molecule has 24 heavy (non-hydrogen) atoms. The van der Waals surface area contributed by atoms with Crippen molar-refractivity contribution >= 4 is 14.3 Å². The maximum absolute atomic E-state index is 11.0. The van der Waals surface area contributed by atoms with Crippen LogP contribution in [-0.4, -0.2) is 32.6 Å². The van der Waals surface area contributed by atoms with Gasteiger partial charge in [0.25, 0.3) is 0 Å². The fourth-order valence-corrected chi connectivity index (χ4v) is 3.78. The standard InChI is InChI=1S/C19H35O4Si/c1-19(2,3)24(5,6)23-16-13-15(17(20)14-16)11-9-7-8-10-12-18(21)22-4/h13-16,20H,7-12H2,1-6H3/t15?,16-/m0/s1. The Morgan fingerprint density at radius 2 is 1.83 bits per heavy atom. The Bertz CT molecular complexity index is 437. The number of ether oxygens (including phenoxy) is 1. The molecule has 0 bridgehead atoms. The lowest BCUT2D eigenvalue weighted by atomic mass is 9.98. The highest BCUT2D eigenvalue weighted by atomic mass is 28.4. The van der Waals surface area contributed by atoms with Gasteiger partial charge in [-0.25, -0.2) is 0 Å². The molecule has 0 aliphatic heterocycles. The first-order valence-corrected chi connectivity index (χ1v) is 12.0. The number of hydrogen-bond acceptors (Lipinski definition) is 4. The first kappa shape index (κ1) is 21.2. The van der Waals surface area contributed by atoms with Gasteiger partial charge >= 0.3 is 5.97 Å². The first-order chi connectivity index (χ1) is 11.1. The number of rotatable bonds is 9. The van der Waals surface area contributed by atoms with Crippen molar-refractivity contribution in [2.75, 3.05) is 7.11 Å². The summed E-state index contributed by atoms with van der Waals surface area (Å²) in [5, 5.41) is 10.3. The van der Waals surface area contributed by atoms with Gasteiger partial charge in [-0.3, -0.25) is 4.79 Å². The lowest BCUT2D eigenvalue weighted by Crippen LogP contribution is -2.43. The quantitative estimate of drug-likeness (QED) is 0.352. The molecule has 4 nitrogen and oxygen atoms in total. The molecule has 0 spiro atoms. The molecule has 5 heteroatoms. The molecule has 0 aromatic rings. The number of esters is 1.